The molecule has 0 aliphatic heterocycles. The summed E-state index contributed by atoms with van der Waals surface area (Å²) >= 11 is 0. The van der Waals surface area contributed by atoms with Crippen molar-refractivity contribution in [3.8, 4) is 0 Å². The van der Waals surface area contributed by atoms with Crippen molar-refractivity contribution < 1.29 is 14.3 Å². The largest absolute Gasteiger partial charge is 0.469 e. The van der Waals surface area contributed by atoms with Gasteiger partial charge in [-0.25, -0.2) is 0 Å². The molecule has 0 aromatic heterocycles. The maximum absolute atomic E-state index is 11.6. The van der Waals surface area contributed by atoms with Crippen molar-refractivity contribution in [1.82, 2.24) is 0 Å². The van der Waals surface area contributed by atoms with Crippen molar-refractivity contribution in [2.24, 2.45) is 11.8 Å². The number of carbonyl (C=O) groups is 2. The van der Waals surface area contributed by atoms with Gasteiger partial charge in [-0.2, -0.15) is 0 Å². The molecule has 0 N–H and O–H groups in total. The number of Topliss-reactive ketones (excluding diaryl/α,β-unsaturated/α-hetero) is 1. The highest BCUT2D eigenvalue weighted by Gasteiger charge is 2.21. The lowest BCUT2D eigenvalue weighted by Crippen LogP contribution is -2.17. The normalized spacial score (nSPS) is 25.1. The van der Waals surface area contributed by atoms with Gasteiger partial charge in [-0.3, -0.25) is 9.59 Å². The summed E-state index contributed by atoms with van der Waals surface area (Å²) in [6.45, 7) is 2.26. The Bertz CT molecular complexity index is 248. The SMILES string of the molecule is COC(=O)CCC(=O)CC1CCCC(C)C1. The molecular formula is C13H22O3. The van der Waals surface area contributed by atoms with E-state index in [1.165, 1.54) is 32.8 Å². The maximum Gasteiger partial charge on any atom is 0.305 e. The molecule has 0 bridgehead atoms. The lowest BCUT2D eigenvalue weighted by molar-refractivity contribution is -0.142. The fraction of sp³-hybridized carbons (Fsp3) is 0.846. The molecule has 0 amide bonds. The summed E-state index contributed by atoms with van der Waals surface area (Å²) in [6, 6.07) is 0. The average molecular weight is 226 g/mol. The summed E-state index contributed by atoms with van der Waals surface area (Å²) in [6.07, 6.45) is 6.12. The minimum absolute atomic E-state index is 0.213. The van der Waals surface area contributed by atoms with Gasteiger partial charge in [0.2, 0.25) is 0 Å². The van der Waals surface area contributed by atoms with Crippen LogP contribution in [0.5, 0.6) is 0 Å². The third-order valence-corrected chi connectivity index (χ3v) is 3.40. The number of ether oxygens (including phenoxy) is 1. The maximum atomic E-state index is 11.6. The molecule has 3 heteroatoms. The molecule has 2 unspecified atom stereocenters. The van der Waals surface area contributed by atoms with Gasteiger partial charge in [0.25, 0.3) is 0 Å². The second-order valence-electron chi connectivity index (χ2n) is 4.96. The first kappa shape index (κ1) is 13.2. The van der Waals surface area contributed by atoms with Gasteiger partial charge < -0.3 is 4.74 Å². The Hall–Kier alpha value is -0.860. The Kier molecular flexibility index (Phi) is 5.50. The van der Waals surface area contributed by atoms with E-state index in [2.05, 4.69) is 11.7 Å². The summed E-state index contributed by atoms with van der Waals surface area (Å²) in [7, 11) is 1.36. The zero-order chi connectivity index (χ0) is 12.0. The van der Waals surface area contributed by atoms with Crippen molar-refractivity contribution in [3.63, 3.8) is 0 Å². The fourth-order valence-electron chi connectivity index (χ4n) is 2.51. The number of esters is 1. The topological polar surface area (TPSA) is 43.4 Å². The van der Waals surface area contributed by atoms with E-state index in [1.807, 2.05) is 0 Å². The van der Waals surface area contributed by atoms with Crippen LogP contribution in [-0.4, -0.2) is 18.9 Å². The lowest BCUT2D eigenvalue weighted by atomic mass is 9.80. The predicted octanol–water partition coefficient (Wildman–Crippen LogP) is 2.73. The van der Waals surface area contributed by atoms with Crippen molar-refractivity contribution in [3.05, 3.63) is 0 Å². The molecule has 92 valence electrons. The summed E-state index contributed by atoms with van der Waals surface area (Å²) in [5.41, 5.74) is 0. The summed E-state index contributed by atoms with van der Waals surface area (Å²) in [5, 5.41) is 0. The number of carbonyl (C=O) groups excluding carboxylic acids is 2. The molecule has 0 saturated heterocycles. The molecule has 1 aliphatic rings. The van der Waals surface area contributed by atoms with E-state index in [0.717, 1.165) is 5.92 Å². The molecule has 1 fully saturated rings. The molecule has 0 heterocycles. The third kappa shape index (κ3) is 4.77. The number of rotatable bonds is 5. The van der Waals surface area contributed by atoms with Gasteiger partial charge in [-0.05, 0) is 18.3 Å². The molecule has 16 heavy (non-hydrogen) atoms. The van der Waals surface area contributed by atoms with E-state index in [1.54, 1.807) is 0 Å². The first-order valence-corrected chi connectivity index (χ1v) is 6.20. The highest BCUT2D eigenvalue weighted by molar-refractivity contribution is 5.83. The highest BCUT2D eigenvalue weighted by atomic mass is 16.5. The first-order chi connectivity index (χ1) is 7.61. The van der Waals surface area contributed by atoms with Crippen molar-refractivity contribution in [2.75, 3.05) is 7.11 Å². The van der Waals surface area contributed by atoms with E-state index in [4.69, 9.17) is 0 Å². The summed E-state index contributed by atoms with van der Waals surface area (Å²) < 4.78 is 4.52. The highest BCUT2D eigenvalue weighted by Crippen LogP contribution is 2.31. The van der Waals surface area contributed by atoms with Crippen LogP contribution in [0.15, 0.2) is 0 Å². The van der Waals surface area contributed by atoms with Gasteiger partial charge in [0, 0.05) is 12.8 Å². The first-order valence-electron chi connectivity index (χ1n) is 6.20. The van der Waals surface area contributed by atoms with Gasteiger partial charge in [-0.15, -0.1) is 0 Å². The average Bonchev–Trinajstić information content (AvgIpc) is 2.26. The Balaban J connectivity index is 2.20. The Labute approximate surface area is 97.5 Å². The van der Waals surface area contributed by atoms with Gasteiger partial charge in [-0.1, -0.05) is 26.2 Å². The van der Waals surface area contributed by atoms with Crippen LogP contribution in [0.25, 0.3) is 0 Å². The zero-order valence-electron chi connectivity index (χ0n) is 10.3. The van der Waals surface area contributed by atoms with E-state index in [0.29, 0.717) is 18.8 Å². The number of hydrogen-bond acceptors (Lipinski definition) is 3. The predicted molar refractivity (Wildman–Crippen MR) is 62.0 cm³/mol. The van der Waals surface area contributed by atoms with Crippen LogP contribution in [0.4, 0.5) is 0 Å². The minimum atomic E-state index is -0.287. The van der Waals surface area contributed by atoms with Crippen LogP contribution < -0.4 is 0 Å². The zero-order valence-corrected chi connectivity index (χ0v) is 10.3. The quantitative estimate of drug-likeness (QED) is 0.677. The molecule has 3 nitrogen and oxygen atoms in total. The fourth-order valence-corrected chi connectivity index (χ4v) is 2.51. The molecule has 1 aliphatic carbocycles. The second kappa shape index (κ2) is 6.66. The Morgan fingerprint density at radius 1 is 1.25 bits per heavy atom. The third-order valence-electron chi connectivity index (χ3n) is 3.40. The molecular weight excluding hydrogens is 204 g/mol. The number of hydrogen-bond donors (Lipinski definition) is 0. The lowest BCUT2D eigenvalue weighted by Gasteiger charge is -2.26. The van der Waals surface area contributed by atoms with Gasteiger partial charge >= 0.3 is 5.97 Å². The van der Waals surface area contributed by atoms with E-state index in [9.17, 15) is 9.59 Å². The number of ketones is 1. The summed E-state index contributed by atoms with van der Waals surface area (Å²) in [4.78, 5) is 22.5. The minimum Gasteiger partial charge on any atom is -0.469 e. The molecule has 0 radical (unpaired) electrons. The van der Waals surface area contributed by atoms with Crippen LogP contribution >= 0.6 is 0 Å². The van der Waals surface area contributed by atoms with E-state index in [-0.39, 0.29) is 18.2 Å². The van der Waals surface area contributed by atoms with Gasteiger partial charge in [0.1, 0.15) is 5.78 Å². The van der Waals surface area contributed by atoms with E-state index < -0.39 is 0 Å². The smallest absolute Gasteiger partial charge is 0.305 e. The molecule has 0 spiro atoms. The molecule has 2 atom stereocenters. The molecule has 1 rings (SSSR count). The van der Waals surface area contributed by atoms with Crippen molar-refractivity contribution in [1.29, 1.82) is 0 Å². The van der Waals surface area contributed by atoms with Crippen LogP contribution in [0.3, 0.4) is 0 Å². The van der Waals surface area contributed by atoms with Crippen molar-refractivity contribution >= 4 is 11.8 Å². The van der Waals surface area contributed by atoms with Crippen LogP contribution in [0.1, 0.15) is 51.9 Å². The van der Waals surface area contributed by atoms with Crippen molar-refractivity contribution in [2.45, 2.75) is 51.9 Å². The van der Waals surface area contributed by atoms with Crippen LogP contribution in [-0.2, 0) is 14.3 Å². The summed E-state index contributed by atoms with van der Waals surface area (Å²) in [5.74, 6) is 1.23. The standard InChI is InChI=1S/C13H22O3/c1-10-4-3-5-11(8-10)9-12(14)6-7-13(15)16-2/h10-11H,3-9H2,1-2H3. The Morgan fingerprint density at radius 2 is 2.00 bits per heavy atom. The van der Waals surface area contributed by atoms with Gasteiger partial charge in [0.05, 0.1) is 13.5 Å². The Morgan fingerprint density at radius 3 is 2.62 bits per heavy atom. The molecule has 0 aromatic rings. The van der Waals surface area contributed by atoms with Gasteiger partial charge in [0.15, 0.2) is 0 Å². The molecule has 1 saturated carbocycles. The second-order valence-corrected chi connectivity index (χ2v) is 4.96. The number of methoxy groups -OCH3 is 1. The van der Waals surface area contributed by atoms with Crippen LogP contribution in [0, 0.1) is 11.8 Å². The molecule has 0 aromatic carbocycles. The van der Waals surface area contributed by atoms with E-state index >= 15 is 0 Å². The monoisotopic (exact) mass is 226 g/mol. The van der Waals surface area contributed by atoms with Crippen LogP contribution in [0.2, 0.25) is 0 Å².